The Hall–Kier alpha value is -3.12. The second kappa shape index (κ2) is 38.4. The Morgan fingerprint density at radius 2 is 0.333 bits per heavy atom. The minimum atomic E-state index is 0.419. The van der Waals surface area contributed by atoms with Crippen molar-refractivity contribution in [3.63, 3.8) is 0 Å². The van der Waals surface area contributed by atoms with E-state index in [1.807, 2.05) is 0 Å². The molecule has 8 bridgehead atoms. The van der Waals surface area contributed by atoms with E-state index in [2.05, 4.69) is 125 Å². The van der Waals surface area contributed by atoms with Crippen molar-refractivity contribution in [1.82, 2.24) is 0 Å². The fourth-order valence-electron chi connectivity index (χ4n) is 12.7. The van der Waals surface area contributed by atoms with Gasteiger partial charge in [0.1, 0.15) is 0 Å². The summed E-state index contributed by atoms with van der Waals surface area (Å²) in [5.74, 6) is 1.68. The van der Waals surface area contributed by atoms with Crippen LogP contribution in [0.3, 0.4) is 0 Å². The molecule has 0 atom stereocenters. The minimum absolute atomic E-state index is 0.419. The van der Waals surface area contributed by atoms with Gasteiger partial charge in [-0.1, -0.05) is 356 Å². The van der Waals surface area contributed by atoms with Crippen molar-refractivity contribution in [1.29, 1.82) is 0 Å². The third-order valence-electron chi connectivity index (χ3n) is 17.2. The lowest BCUT2D eigenvalue weighted by atomic mass is 9.78. The molecule has 0 spiro atoms. The normalized spacial score (nSPS) is 16.6. The second-order valence-corrected chi connectivity index (χ2v) is 23.4. The topological polar surface area (TPSA) is 0 Å². The van der Waals surface area contributed by atoms with Gasteiger partial charge in [0.15, 0.2) is 0 Å². The van der Waals surface area contributed by atoms with Crippen LogP contribution in [0.15, 0.2) is 97.1 Å². The smallest absolute Gasteiger partial charge is 0.00895 e. The SMILES string of the molecule is CCCCCCCCCCCC1c2cccc(c2)C(CCCCCCCCCCC)c2cccc(c2)C(CCCCCCCCCCC)c2cccc(c2)C(CCCCCCCCCCC)c2cccc1c2. The molecule has 0 nitrogen and oxygen atoms in total. The van der Waals surface area contributed by atoms with E-state index >= 15 is 0 Å². The zero-order valence-electron chi connectivity index (χ0n) is 47.8. The lowest BCUT2D eigenvalue weighted by Gasteiger charge is -2.27. The van der Waals surface area contributed by atoms with Gasteiger partial charge in [-0.3, -0.25) is 0 Å². The summed E-state index contributed by atoms with van der Waals surface area (Å²) in [4.78, 5) is 0. The first kappa shape index (κ1) is 59.8. The summed E-state index contributed by atoms with van der Waals surface area (Å²) < 4.78 is 0. The van der Waals surface area contributed by atoms with Gasteiger partial charge in [-0.2, -0.15) is 0 Å². The summed E-state index contributed by atoms with van der Waals surface area (Å²) in [7, 11) is 0. The van der Waals surface area contributed by atoms with Crippen molar-refractivity contribution in [3.8, 4) is 0 Å². The van der Waals surface area contributed by atoms with Crippen LogP contribution in [0.4, 0.5) is 0 Å². The van der Waals surface area contributed by atoms with E-state index < -0.39 is 0 Å². The van der Waals surface area contributed by atoms with Crippen LogP contribution in [-0.4, -0.2) is 0 Å². The minimum Gasteiger partial charge on any atom is -0.0654 e. The van der Waals surface area contributed by atoms with Crippen LogP contribution in [0.1, 0.15) is 353 Å². The Morgan fingerprint density at radius 3 is 0.486 bits per heavy atom. The van der Waals surface area contributed by atoms with Crippen molar-refractivity contribution in [2.75, 3.05) is 0 Å². The predicted octanol–water partition coefficient (Wildman–Crippen LogP) is 24.2. The maximum absolute atomic E-state index is 2.70. The average Bonchev–Trinajstić information content (AvgIpc) is 3.41. The Bertz CT molecular complexity index is 1560. The highest BCUT2D eigenvalue weighted by Crippen LogP contribution is 2.41. The molecule has 0 N–H and O–H groups in total. The van der Waals surface area contributed by atoms with E-state index in [9.17, 15) is 0 Å². The van der Waals surface area contributed by atoms with Crippen LogP contribution in [0.2, 0.25) is 0 Å². The molecule has 1 aliphatic rings. The molecular weight excluding hydrogens is 865 g/mol. The van der Waals surface area contributed by atoms with E-state index in [1.165, 1.54) is 257 Å². The molecule has 5 rings (SSSR count). The fourth-order valence-corrected chi connectivity index (χ4v) is 12.7. The van der Waals surface area contributed by atoms with Crippen molar-refractivity contribution in [2.45, 2.75) is 308 Å². The van der Waals surface area contributed by atoms with Gasteiger partial charge >= 0.3 is 0 Å². The summed E-state index contributed by atoms with van der Waals surface area (Å²) in [6.45, 7) is 9.33. The van der Waals surface area contributed by atoms with Gasteiger partial charge in [-0.25, -0.2) is 0 Å². The summed E-state index contributed by atoms with van der Waals surface area (Å²) >= 11 is 0. The molecular formula is C72H112. The van der Waals surface area contributed by atoms with Crippen LogP contribution in [0.25, 0.3) is 0 Å². The van der Waals surface area contributed by atoms with E-state index in [0.29, 0.717) is 23.7 Å². The molecule has 0 saturated carbocycles. The Balaban J connectivity index is 1.48. The quantitative estimate of drug-likeness (QED) is 0.0390. The molecule has 0 fully saturated rings. The van der Waals surface area contributed by atoms with Crippen LogP contribution in [0.5, 0.6) is 0 Å². The highest BCUT2D eigenvalue weighted by molar-refractivity contribution is 5.46. The standard InChI is InChI=1S/C72H112/c1-5-9-13-17-21-25-29-33-37-53-69-61-45-41-47-63(57-61)70(54-38-34-30-26-22-18-14-10-6-2)65-49-43-51-67(59-65)72(56-40-36-32-28-24-20-16-12-8-4)68-52-44-50-66(60-68)71(64-48-42-46-62(69)58-64)55-39-35-31-27-23-19-15-11-7-3/h41-52,57-60,69-72H,5-40,53-56H2,1-4H3. The first-order chi connectivity index (χ1) is 35.7. The molecule has 0 heteroatoms. The Labute approximate surface area is 447 Å². The molecule has 72 heavy (non-hydrogen) atoms. The number of hydrogen-bond acceptors (Lipinski definition) is 0. The van der Waals surface area contributed by atoms with E-state index in [-0.39, 0.29) is 0 Å². The monoisotopic (exact) mass is 977 g/mol. The molecule has 0 aliphatic heterocycles. The second-order valence-electron chi connectivity index (χ2n) is 23.4. The fraction of sp³-hybridized carbons (Fsp3) is 0.667. The van der Waals surface area contributed by atoms with Gasteiger partial charge in [-0.05, 0) is 70.2 Å². The van der Waals surface area contributed by atoms with Gasteiger partial charge in [0.05, 0.1) is 0 Å². The van der Waals surface area contributed by atoms with Crippen LogP contribution < -0.4 is 0 Å². The lowest BCUT2D eigenvalue weighted by molar-refractivity contribution is 0.540. The maximum Gasteiger partial charge on any atom is 0.00895 e. The molecule has 0 radical (unpaired) electrons. The van der Waals surface area contributed by atoms with Crippen molar-refractivity contribution < 1.29 is 0 Å². The maximum atomic E-state index is 2.70. The third kappa shape index (κ3) is 22.8. The lowest BCUT2D eigenvalue weighted by Crippen LogP contribution is -2.10. The van der Waals surface area contributed by atoms with Gasteiger partial charge in [0.25, 0.3) is 0 Å². The molecule has 4 aromatic carbocycles. The van der Waals surface area contributed by atoms with Crippen LogP contribution in [0, 0.1) is 0 Å². The van der Waals surface area contributed by atoms with E-state index in [4.69, 9.17) is 0 Å². The molecule has 400 valence electrons. The zero-order valence-corrected chi connectivity index (χ0v) is 47.8. The van der Waals surface area contributed by atoms with Gasteiger partial charge < -0.3 is 0 Å². The summed E-state index contributed by atoms with van der Waals surface area (Å²) in [6.07, 6.45) is 54.7. The number of hydrogen-bond donors (Lipinski definition) is 0. The van der Waals surface area contributed by atoms with Gasteiger partial charge in [0, 0.05) is 23.7 Å². The van der Waals surface area contributed by atoms with Crippen LogP contribution in [-0.2, 0) is 0 Å². The molecule has 0 saturated heterocycles. The molecule has 4 aromatic rings. The molecule has 1 aliphatic carbocycles. The average molecular weight is 978 g/mol. The van der Waals surface area contributed by atoms with Crippen molar-refractivity contribution >= 4 is 0 Å². The number of unbranched alkanes of at least 4 members (excludes halogenated alkanes) is 32. The van der Waals surface area contributed by atoms with Crippen molar-refractivity contribution in [2.24, 2.45) is 0 Å². The van der Waals surface area contributed by atoms with Gasteiger partial charge in [0.2, 0.25) is 0 Å². The number of benzene rings is 4. The highest BCUT2D eigenvalue weighted by atomic mass is 14.3. The zero-order chi connectivity index (χ0) is 50.5. The predicted molar refractivity (Wildman–Crippen MR) is 321 cm³/mol. The number of fused-ring (bicyclic) bond motifs is 8. The van der Waals surface area contributed by atoms with E-state index in [1.54, 1.807) is 44.5 Å². The van der Waals surface area contributed by atoms with Gasteiger partial charge in [-0.15, -0.1) is 0 Å². The summed E-state index contributed by atoms with van der Waals surface area (Å²) in [5, 5.41) is 0. The first-order valence-corrected chi connectivity index (χ1v) is 32.1. The number of rotatable bonds is 40. The Morgan fingerprint density at radius 1 is 0.194 bits per heavy atom. The molecule has 0 unspecified atom stereocenters. The third-order valence-corrected chi connectivity index (χ3v) is 17.2. The molecule has 0 aromatic heterocycles. The molecule has 0 heterocycles. The Kier molecular flexibility index (Phi) is 31.9. The highest BCUT2D eigenvalue weighted by Gasteiger charge is 2.24. The van der Waals surface area contributed by atoms with E-state index in [0.717, 1.165) is 0 Å². The first-order valence-electron chi connectivity index (χ1n) is 32.1. The largest absolute Gasteiger partial charge is 0.0654 e. The summed E-state index contributed by atoms with van der Waals surface area (Å²) in [6, 6.07) is 40.6. The summed E-state index contributed by atoms with van der Waals surface area (Å²) in [5.41, 5.74) is 12.4. The molecule has 0 amide bonds. The van der Waals surface area contributed by atoms with Crippen LogP contribution >= 0.6 is 0 Å². The van der Waals surface area contributed by atoms with Crippen molar-refractivity contribution in [3.05, 3.63) is 142 Å².